The highest BCUT2D eigenvalue weighted by molar-refractivity contribution is 6.30. The van der Waals surface area contributed by atoms with Crippen LogP contribution in [0.1, 0.15) is 66.4 Å². The molecule has 5 rings (SSSR count). The van der Waals surface area contributed by atoms with Crippen LogP contribution < -0.4 is 9.64 Å². The van der Waals surface area contributed by atoms with Crippen LogP contribution in [0.15, 0.2) is 48.0 Å². The van der Waals surface area contributed by atoms with Crippen LogP contribution in [0.5, 0.6) is 5.75 Å². The number of methoxy groups -OCH3 is 2. The lowest BCUT2D eigenvalue weighted by Gasteiger charge is -2.45. The molecule has 2 aromatic rings. The largest absolute Gasteiger partial charge is 0.487 e. The molecule has 6 nitrogen and oxygen atoms in total. The van der Waals surface area contributed by atoms with Crippen LogP contribution in [0.3, 0.4) is 0 Å². The third-order valence-electron chi connectivity index (χ3n) is 9.15. The smallest absolute Gasteiger partial charge is 0.337 e. The maximum atomic E-state index is 12.5. The molecule has 0 spiro atoms. The maximum absolute atomic E-state index is 12.5. The van der Waals surface area contributed by atoms with Gasteiger partial charge in [-0.05, 0) is 116 Å². The van der Waals surface area contributed by atoms with E-state index < -0.39 is 0 Å². The summed E-state index contributed by atoms with van der Waals surface area (Å²) in [6, 6.07) is 11.7. The van der Waals surface area contributed by atoms with Crippen molar-refractivity contribution in [1.82, 2.24) is 0 Å². The van der Waals surface area contributed by atoms with E-state index in [1.165, 1.54) is 18.2 Å². The number of hydrogen-bond donors (Lipinski definition) is 1. The number of esters is 1. The number of carbonyl (C=O) groups excluding carboxylic acids is 1. The molecule has 2 aromatic carbocycles. The fourth-order valence-corrected chi connectivity index (χ4v) is 6.82. The van der Waals surface area contributed by atoms with Gasteiger partial charge in [0.2, 0.25) is 0 Å². The highest BCUT2D eigenvalue weighted by Gasteiger charge is 2.40. The number of anilines is 1. The van der Waals surface area contributed by atoms with Crippen molar-refractivity contribution in [1.29, 1.82) is 0 Å². The number of aliphatic hydroxyl groups excluding tert-OH is 1. The molecule has 4 atom stereocenters. The number of aliphatic hydroxyl groups is 1. The maximum Gasteiger partial charge on any atom is 0.337 e. The van der Waals surface area contributed by atoms with Crippen LogP contribution in [-0.2, 0) is 22.5 Å². The molecular formula is C33H42ClNO5. The highest BCUT2D eigenvalue weighted by Crippen LogP contribution is 2.44. The standard InChI is InChI=1S/C33H42ClNO5/c1-38-32(23-8-6-22(20-36)7-9-23)29-14-11-26(29)19-35-16-4-3-5-24-17-28(34)13-10-27(24)21-40-31-15-12-25(18-30(31)35)33(37)39-2/h8,10,12-13,15,17-18,22,26,29,32,36H,3-7,9,11,14,16,19-21H2,1-2H3/t22?,26-,29+,32?/m0/s1. The lowest BCUT2D eigenvalue weighted by atomic mass is 9.67. The van der Waals surface area contributed by atoms with E-state index in [2.05, 4.69) is 23.1 Å². The number of nitrogens with zero attached hydrogens (tertiary/aromatic N) is 1. The molecule has 1 N–H and O–H groups in total. The van der Waals surface area contributed by atoms with Crippen molar-refractivity contribution >= 4 is 23.3 Å². The molecule has 0 bridgehead atoms. The van der Waals surface area contributed by atoms with Crippen LogP contribution in [0.2, 0.25) is 5.02 Å². The zero-order chi connectivity index (χ0) is 28.1. The van der Waals surface area contributed by atoms with E-state index in [0.29, 0.717) is 29.9 Å². The molecule has 1 aliphatic heterocycles. The van der Waals surface area contributed by atoms with Gasteiger partial charge in [0.25, 0.3) is 0 Å². The van der Waals surface area contributed by atoms with Crippen molar-refractivity contribution in [3.8, 4) is 5.75 Å². The predicted molar refractivity (Wildman–Crippen MR) is 158 cm³/mol. The fraction of sp³-hybridized carbons (Fsp3) is 0.545. The Morgan fingerprint density at radius 1 is 1.10 bits per heavy atom. The summed E-state index contributed by atoms with van der Waals surface area (Å²) in [5.74, 6) is 1.75. The third-order valence-corrected chi connectivity index (χ3v) is 9.38. The third kappa shape index (κ3) is 6.50. The van der Waals surface area contributed by atoms with Crippen molar-refractivity contribution < 1.29 is 24.1 Å². The summed E-state index contributed by atoms with van der Waals surface area (Å²) in [7, 11) is 3.25. The fourth-order valence-electron chi connectivity index (χ4n) is 6.62. The molecule has 2 aliphatic carbocycles. The molecular weight excluding hydrogens is 526 g/mol. The number of benzene rings is 2. The van der Waals surface area contributed by atoms with Crippen LogP contribution in [0.4, 0.5) is 5.69 Å². The van der Waals surface area contributed by atoms with Gasteiger partial charge in [-0.2, -0.15) is 0 Å². The van der Waals surface area contributed by atoms with E-state index in [-0.39, 0.29) is 18.7 Å². The van der Waals surface area contributed by atoms with Gasteiger partial charge in [0.15, 0.2) is 0 Å². The Morgan fingerprint density at radius 3 is 2.67 bits per heavy atom. The molecule has 1 fully saturated rings. The molecule has 0 radical (unpaired) electrons. The van der Waals surface area contributed by atoms with Gasteiger partial charge in [0.1, 0.15) is 12.4 Å². The Kier molecular flexibility index (Phi) is 9.72. The molecule has 3 aliphatic rings. The van der Waals surface area contributed by atoms with Gasteiger partial charge in [-0.3, -0.25) is 0 Å². The second kappa shape index (κ2) is 13.4. The van der Waals surface area contributed by atoms with E-state index in [4.69, 9.17) is 25.8 Å². The summed E-state index contributed by atoms with van der Waals surface area (Å²) in [5.41, 5.74) is 5.25. The average Bonchev–Trinajstić information content (AvgIpc) is 3.00. The van der Waals surface area contributed by atoms with Crippen molar-refractivity contribution in [3.63, 3.8) is 0 Å². The van der Waals surface area contributed by atoms with E-state index in [1.807, 2.05) is 25.3 Å². The number of aryl methyl sites for hydroxylation is 1. The quantitative estimate of drug-likeness (QED) is 0.300. The number of allylic oxidation sites excluding steroid dienone is 1. The first-order valence-electron chi connectivity index (χ1n) is 14.7. The summed E-state index contributed by atoms with van der Waals surface area (Å²) in [4.78, 5) is 14.9. The zero-order valence-corrected chi connectivity index (χ0v) is 24.5. The first kappa shape index (κ1) is 29.0. The normalized spacial score (nSPS) is 23.9. The monoisotopic (exact) mass is 567 g/mol. The second-order valence-electron chi connectivity index (χ2n) is 11.5. The average molecular weight is 568 g/mol. The summed E-state index contributed by atoms with van der Waals surface area (Å²) in [6.45, 7) is 2.47. The zero-order valence-electron chi connectivity index (χ0n) is 23.7. The van der Waals surface area contributed by atoms with Crippen LogP contribution in [0, 0.1) is 17.8 Å². The lowest BCUT2D eigenvalue weighted by molar-refractivity contribution is 0.00299. The van der Waals surface area contributed by atoms with Crippen LogP contribution in [0.25, 0.3) is 0 Å². The predicted octanol–water partition coefficient (Wildman–Crippen LogP) is 6.61. The van der Waals surface area contributed by atoms with Gasteiger partial charge in [-0.1, -0.05) is 23.7 Å². The Morgan fingerprint density at radius 2 is 1.98 bits per heavy atom. The van der Waals surface area contributed by atoms with Crippen LogP contribution >= 0.6 is 11.6 Å². The molecule has 0 aromatic heterocycles. The number of halogens is 1. The van der Waals surface area contributed by atoms with Crippen molar-refractivity contribution in [2.24, 2.45) is 17.8 Å². The van der Waals surface area contributed by atoms with Gasteiger partial charge in [-0.15, -0.1) is 0 Å². The number of carbonyl (C=O) groups is 1. The Labute approximate surface area is 243 Å². The van der Waals surface area contributed by atoms with E-state index in [0.717, 1.165) is 86.5 Å². The minimum absolute atomic E-state index is 0.124. The molecule has 1 saturated carbocycles. The van der Waals surface area contributed by atoms with Gasteiger partial charge in [-0.25, -0.2) is 4.79 Å². The molecule has 2 unspecified atom stereocenters. The number of ether oxygens (including phenoxy) is 3. The molecule has 1 heterocycles. The Hall–Kier alpha value is -2.54. The molecule has 0 amide bonds. The van der Waals surface area contributed by atoms with E-state index >= 15 is 0 Å². The highest BCUT2D eigenvalue weighted by atomic mass is 35.5. The lowest BCUT2D eigenvalue weighted by Crippen LogP contribution is -2.45. The summed E-state index contributed by atoms with van der Waals surface area (Å²) in [5, 5.41) is 10.3. The van der Waals surface area contributed by atoms with Gasteiger partial charge < -0.3 is 24.2 Å². The second-order valence-corrected chi connectivity index (χ2v) is 12.0. The number of rotatable bonds is 7. The summed E-state index contributed by atoms with van der Waals surface area (Å²) >= 11 is 6.32. The SMILES string of the molecule is COC(=O)c1ccc2c(c1)N(C[C@@H]1CC[C@H]1C(OC)C1=CCC(CO)CC1)CCCCc1cc(Cl)ccc1CO2. The van der Waals surface area contributed by atoms with Crippen molar-refractivity contribution in [2.45, 2.75) is 64.1 Å². The minimum atomic E-state index is -0.344. The van der Waals surface area contributed by atoms with E-state index in [9.17, 15) is 9.90 Å². The Balaban J connectivity index is 1.40. The van der Waals surface area contributed by atoms with Crippen molar-refractivity contribution in [2.75, 3.05) is 38.8 Å². The van der Waals surface area contributed by atoms with Gasteiger partial charge in [0.05, 0.1) is 24.5 Å². The van der Waals surface area contributed by atoms with Crippen molar-refractivity contribution in [3.05, 3.63) is 69.8 Å². The summed E-state index contributed by atoms with van der Waals surface area (Å²) < 4.78 is 17.6. The number of hydrogen-bond acceptors (Lipinski definition) is 6. The molecule has 40 heavy (non-hydrogen) atoms. The first-order chi connectivity index (χ1) is 19.5. The van der Waals surface area contributed by atoms with Gasteiger partial charge in [0, 0.05) is 31.8 Å². The molecule has 0 saturated heterocycles. The molecule has 7 heteroatoms. The van der Waals surface area contributed by atoms with Gasteiger partial charge >= 0.3 is 5.97 Å². The summed E-state index contributed by atoms with van der Waals surface area (Å²) in [6.07, 6.45) is 10.7. The number of fused-ring (bicyclic) bond motifs is 2. The van der Waals surface area contributed by atoms with E-state index in [1.54, 1.807) is 6.07 Å². The first-order valence-corrected chi connectivity index (χ1v) is 15.1. The Bertz CT molecular complexity index is 1210. The topological polar surface area (TPSA) is 68.2 Å². The molecule has 216 valence electrons. The minimum Gasteiger partial charge on any atom is -0.487 e. The van der Waals surface area contributed by atoms with Crippen LogP contribution in [-0.4, -0.2) is 51.1 Å².